The van der Waals surface area contributed by atoms with Crippen LogP contribution >= 0.6 is 11.6 Å². The molecule has 1 aromatic carbocycles. The van der Waals surface area contributed by atoms with Crippen molar-refractivity contribution in [3.8, 4) is 5.75 Å². The second-order valence-corrected chi connectivity index (χ2v) is 4.92. The number of nitro groups is 1. The van der Waals surface area contributed by atoms with E-state index in [9.17, 15) is 20.0 Å². The van der Waals surface area contributed by atoms with Gasteiger partial charge in [0.15, 0.2) is 0 Å². The molecule has 2 rings (SSSR count). The molecule has 0 aliphatic rings. The monoisotopic (exact) mass is 321 g/mol. The van der Waals surface area contributed by atoms with Gasteiger partial charge in [0.1, 0.15) is 0 Å². The number of anilines is 1. The first-order valence-corrected chi connectivity index (χ1v) is 6.71. The number of pyridine rings is 1. The van der Waals surface area contributed by atoms with Crippen molar-refractivity contribution in [2.45, 2.75) is 12.8 Å². The maximum atomic E-state index is 11.9. The average Bonchev–Trinajstić information content (AvgIpc) is 2.49. The summed E-state index contributed by atoms with van der Waals surface area (Å²) in [5, 5.41) is 23.0. The fourth-order valence-electron chi connectivity index (χ4n) is 1.84. The number of carbonyl (C=O) groups is 1. The standard InChI is InChI=1S/C14H12ClN3O4/c15-10-6-11(14(20)12(7-10)18(21)22)17-13(19)4-3-9-2-1-5-16-8-9/h1-2,5-8,20H,3-4H2,(H,17,19). The van der Waals surface area contributed by atoms with Crippen LogP contribution in [0.3, 0.4) is 0 Å². The zero-order valence-corrected chi connectivity index (χ0v) is 12.1. The van der Waals surface area contributed by atoms with Crippen LogP contribution in [-0.4, -0.2) is 20.9 Å². The molecule has 0 radical (unpaired) electrons. The predicted molar refractivity (Wildman–Crippen MR) is 81.0 cm³/mol. The van der Waals surface area contributed by atoms with E-state index < -0.39 is 22.3 Å². The Bertz CT molecular complexity index is 707. The molecule has 0 bridgehead atoms. The summed E-state index contributed by atoms with van der Waals surface area (Å²) in [5.41, 5.74) is 0.240. The zero-order chi connectivity index (χ0) is 16.1. The van der Waals surface area contributed by atoms with Crippen LogP contribution in [0.4, 0.5) is 11.4 Å². The van der Waals surface area contributed by atoms with E-state index in [4.69, 9.17) is 11.6 Å². The lowest BCUT2D eigenvalue weighted by atomic mass is 10.1. The molecule has 0 aliphatic carbocycles. The molecule has 22 heavy (non-hydrogen) atoms. The van der Waals surface area contributed by atoms with Gasteiger partial charge in [0, 0.05) is 29.9 Å². The summed E-state index contributed by atoms with van der Waals surface area (Å²) >= 11 is 5.75. The molecule has 1 aromatic heterocycles. The molecular formula is C14H12ClN3O4. The SMILES string of the molecule is O=C(CCc1cccnc1)Nc1cc(Cl)cc([N+](=O)[O-])c1O. The number of rotatable bonds is 5. The Morgan fingerprint density at radius 2 is 2.23 bits per heavy atom. The number of hydrogen-bond acceptors (Lipinski definition) is 5. The summed E-state index contributed by atoms with van der Waals surface area (Å²) in [4.78, 5) is 25.8. The van der Waals surface area contributed by atoms with Gasteiger partial charge in [0.25, 0.3) is 0 Å². The van der Waals surface area contributed by atoms with Crippen molar-refractivity contribution in [2.24, 2.45) is 0 Å². The minimum absolute atomic E-state index is 0.0482. The predicted octanol–water partition coefficient (Wildman–Crippen LogP) is 2.92. The first kappa shape index (κ1) is 15.7. The van der Waals surface area contributed by atoms with Gasteiger partial charge in [-0.3, -0.25) is 19.9 Å². The molecular weight excluding hydrogens is 310 g/mol. The number of hydrogen-bond donors (Lipinski definition) is 2. The number of phenolic OH excluding ortho intramolecular Hbond substituents is 1. The number of aromatic nitrogens is 1. The van der Waals surface area contributed by atoms with Gasteiger partial charge in [-0.2, -0.15) is 0 Å². The van der Waals surface area contributed by atoms with Gasteiger partial charge in [0.05, 0.1) is 10.6 Å². The largest absolute Gasteiger partial charge is 0.501 e. The Hall–Kier alpha value is -2.67. The van der Waals surface area contributed by atoms with E-state index in [0.717, 1.165) is 11.6 Å². The maximum absolute atomic E-state index is 11.9. The lowest BCUT2D eigenvalue weighted by Gasteiger charge is -2.08. The lowest BCUT2D eigenvalue weighted by molar-refractivity contribution is -0.385. The molecule has 0 saturated heterocycles. The number of nitro benzene ring substituents is 1. The molecule has 0 unspecified atom stereocenters. The molecule has 0 aliphatic heterocycles. The third-order valence-corrected chi connectivity index (χ3v) is 3.11. The van der Waals surface area contributed by atoms with Crippen LogP contribution in [0.15, 0.2) is 36.7 Å². The van der Waals surface area contributed by atoms with E-state index in [2.05, 4.69) is 10.3 Å². The number of aromatic hydroxyl groups is 1. The summed E-state index contributed by atoms with van der Waals surface area (Å²) in [7, 11) is 0. The van der Waals surface area contributed by atoms with Gasteiger partial charge in [-0.05, 0) is 24.1 Å². The summed E-state index contributed by atoms with van der Waals surface area (Å²) in [6.45, 7) is 0. The third-order valence-electron chi connectivity index (χ3n) is 2.89. The van der Waals surface area contributed by atoms with E-state index in [1.807, 2.05) is 6.07 Å². The highest BCUT2D eigenvalue weighted by atomic mass is 35.5. The van der Waals surface area contributed by atoms with Gasteiger partial charge in [-0.15, -0.1) is 0 Å². The Kier molecular flexibility index (Phi) is 4.90. The summed E-state index contributed by atoms with van der Waals surface area (Å²) in [6.07, 6.45) is 3.89. The first-order valence-electron chi connectivity index (χ1n) is 6.33. The highest BCUT2D eigenvalue weighted by Crippen LogP contribution is 2.36. The van der Waals surface area contributed by atoms with Crippen LogP contribution in [0.25, 0.3) is 0 Å². The highest BCUT2D eigenvalue weighted by molar-refractivity contribution is 6.31. The highest BCUT2D eigenvalue weighted by Gasteiger charge is 2.20. The number of aryl methyl sites for hydroxylation is 1. The average molecular weight is 322 g/mol. The Labute approximate surface area is 130 Å². The van der Waals surface area contributed by atoms with Gasteiger partial charge in [0.2, 0.25) is 11.7 Å². The van der Waals surface area contributed by atoms with Crippen molar-refractivity contribution in [1.29, 1.82) is 0 Å². The summed E-state index contributed by atoms with van der Waals surface area (Å²) < 4.78 is 0. The van der Waals surface area contributed by atoms with E-state index in [1.54, 1.807) is 18.5 Å². The minimum atomic E-state index is -0.771. The second-order valence-electron chi connectivity index (χ2n) is 4.49. The molecule has 7 nitrogen and oxygen atoms in total. The first-order chi connectivity index (χ1) is 10.5. The van der Waals surface area contributed by atoms with Gasteiger partial charge in [-0.1, -0.05) is 17.7 Å². The normalized spacial score (nSPS) is 10.2. The van der Waals surface area contributed by atoms with Crippen LogP contribution < -0.4 is 5.32 Å². The van der Waals surface area contributed by atoms with E-state index >= 15 is 0 Å². The van der Waals surface area contributed by atoms with Crippen molar-refractivity contribution in [1.82, 2.24) is 4.98 Å². The fourth-order valence-corrected chi connectivity index (χ4v) is 2.05. The number of carbonyl (C=O) groups excluding carboxylic acids is 1. The molecule has 0 saturated carbocycles. The molecule has 0 spiro atoms. The quantitative estimate of drug-likeness (QED) is 0.500. The molecule has 1 heterocycles. The molecule has 0 atom stereocenters. The second kappa shape index (κ2) is 6.86. The number of benzene rings is 1. The van der Waals surface area contributed by atoms with Crippen molar-refractivity contribution in [3.63, 3.8) is 0 Å². The Balaban J connectivity index is 2.07. The molecule has 8 heteroatoms. The molecule has 0 fully saturated rings. The Morgan fingerprint density at radius 1 is 1.45 bits per heavy atom. The zero-order valence-electron chi connectivity index (χ0n) is 11.3. The van der Waals surface area contributed by atoms with Gasteiger partial charge in [-0.25, -0.2) is 0 Å². The number of nitrogens with zero attached hydrogens (tertiary/aromatic N) is 2. The van der Waals surface area contributed by atoms with Crippen LogP contribution in [0.1, 0.15) is 12.0 Å². The molecule has 114 valence electrons. The molecule has 2 aromatic rings. The molecule has 1 amide bonds. The van der Waals surface area contributed by atoms with Crippen molar-refractivity contribution in [2.75, 3.05) is 5.32 Å². The van der Waals surface area contributed by atoms with Crippen molar-refractivity contribution in [3.05, 3.63) is 57.4 Å². The third kappa shape index (κ3) is 3.92. The lowest BCUT2D eigenvalue weighted by Crippen LogP contribution is -2.12. The number of halogens is 1. The number of phenols is 1. The van der Waals surface area contributed by atoms with Gasteiger partial charge >= 0.3 is 5.69 Å². The number of nitrogens with one attached hydrogen (secondary N) is 1. The van der Waals surface area contributed by atoms with Crippen molar-refractivity contribution < 1.29 is 14.8 Å². The maximum Gasteiger partial charge on any atom is 0.314 e. The van der Waals surface area contributed by atoms with E-state index in [-0.39, 0.29) is 17.1 Å². The Morgan fingerprint density at radius 3 is 2.86 bits per heavy atom. The van der Waals surface area contributed by atoms with E-state index in [1.165, 1.54) is 6.07 Å². The minimum Gasteiger partial charge on any atom is -0.501 e. The smallest absolute Gasteiger partial charge is 0.314 e. The number of amides is 1. The fraction of sp³-hybridized carbons (Fsp3) is 0.143. The van der Waals surface area contributed by atoms with Gasteiger partial charge < -0.3 is 10.4 Å². The van der Waals surface area contributed by atoms with Crippen LogP contribution in [-0.2, 0) is 11.2 Å². The van der Waals surface area contributed by atoms with Crippen LogP contribution in [0.2, 0.25) is 5.02 Å². The van der Waals surface area contributed by atoms with Crippen LogP contribution in [0.5, 0.6) is 5.75 Å². The molecule has 2 N–H and O–H groups in total. The summed E-state index contributed by atoms with van der Waals surface area (Å²) in [5.74, 6) is -1.01. The topological polar surface area (TPSA) is 105 Å². The van der Waals surface area contributed by atoms with Crippen LogP contribution in [0, 0.1) is 10.1 Å². The van der Waals surface area contributed by atoms with Crippen molar-refractivity contribution >= 4 is 28.9 Å². The summed E-state index contributed by atoms with van der Waals surface area (Å²) in [6, 6.07) is 5.87. The van der Waals surface area contributed by atoms with E-state index in [0.29, 0.717) is 6.42 Å².